The third-order valence-electron chi connectivity index (χ3n) is 4.38. The number of halogens is 1. The van der Waals surface area contributed by atoms with Crippen molar-refractivity contribution in [2.45, 2.75) is 32.6 Å². The summed E-state index contributed by atoms with van der Waals surface area (Å²) >= 11 is 0. The van der Waals surface area contributed by atoms with E-state index in [0.29, 0.717) is 34.2 Å². The number of hydrogen-bond acceptors (Lipinski definition) is 4. The largest absolute Gasteiger partial charge is 0.506 e. The molecule has 6 nitrogen and oxygen atoms in total. The van der Waals surface area contributed by atoms with Crippen molar-refractivity contribution in [3.8, 4) is 5.75 Å². The molecule has 2 N–H and O–H groups in total. The third kappa shape index (κ3) is 2.31. The highest BCUT2D eigenvalue weighted by Gasteiger charge is 2.38. The summed E-state index contributed by atoms with van der Waals surface area (Å²) in [5.41, 5.74) is 0.716. The second-order valence-corrected chi connectivity index (χ2v) is 7.34. The molecule has 120 valence electrons. The molecule has 1 fully saturated rings. The van der Waals surface area contributed by atoms with E-state index in [4.69, 9.17) is 0 Å². The second kappa shape index (κ2) is 5.12. The first-order valence-electron chi connectivity index (χ1n) is 7.20. The number of anilines is 1. The summed E-state index contributed by atoms with van der Waals surface area (Å²) in [6.45, 7) is 1.51. The molecule has 1 aromatic carbocycles. The maximum Gasteiger partial charge on any atom is 0.326 e. The number of hydrogen-bond donors (Lipinski definition) is 2. The smallest absolute Gasteiger partial charge is 0.326 e. The minimum atomic E-state index is -4.15. The van der Waals surface area contributed by atoms with Crippen molar-refractivity contribution in [3.63, 3.8) is 0 Å². The molecule has 1 aromatic rings. The number of phenols is 1. The van der Waals surface area contributed by atoms with Gasteiger partial charge in [0, 0.05) is 0 Å². The average molecular weight is 328 g/mol. The zero-order chi connectivity index (χ0) is 16.1. The molecule has 1 aliphatic carbocycles. The van der Waals surface area contributed by atoms with Gasteiger partial charge in [-0.15, -0.1) is 0 Å². The summed E-state index contributed by atoms with van der Waals surface area (Å²) in [6, 6.07) is 1.41. The van der Waals surface area contributed by atoms with Crippen molar-refractivity contribution in [3.05, 3.63) is 23.0 Å². The van der Waals surface area contributed by atoms with E-state index in [9.17, 15) is 22.7 Å². The molecule has 1 saturated heterocycles. The predicted molar refractivity (Wildman–Crippen MR) is 78.3 cm³/mol. The summed E-state index contributed by atoms with van der Waals surface area (Å²) in [5, 5.41) is 10.1. The molecule has 3 rings (SSSR count). The van der Waals surface area contributed by atoms with Crippen molar-refractivity contribution in [1.82, 2.24) is 4.72 Å². The SMILES string of the molecule is CCC1CCc2cc(O)c(N3CC(=O)NS3(=O)=O)c(F)c2C1. The van der Waals surface area contributed by atoms with Crippen LogP contribution in [-0.4, -0.2) is 26.0 Å². The topological polar surface area (TPSA) is 86.7 Å². The van der Waals surface area contributed by atoms with Crippen LogP contribution in [0.25, 0.3) is 0 Å². The average Bonchev–Trinajstić information content (AvgIpc) is 2.71. The van der Waals surface area contributed by atoms with Crippen molar-refractivity contribution < 1.29 is 22.7 Å². The number of amides is 1. The molecular weight excluding hydrogens is 311 g/mol. The molecule has 1 atom stereocenters. The van der Waals surface area contributed by atoms with E-state index in [1.54, 1.807) is 4.72 Å². The number of aryl methyl sites for hydroxylation is 1. The van der Waals surface area contributed by atoms with E-state index in [0.717, 1.165) is 12.8 Å². The second-order valence-electron chi connectivity index (χ2n) is 5.75. The van der Waals surface area contributed by atoms with Gasteiger partial charge in [0.15, 0.2) is 5.82 Å². The van der Waals surface area contributed by atoms with Crippen LogP contribution >= 0.6 is 0 Å². The van der Waals surface area contributed by atoms with Gasteiger partial charge >= 0.3 is 10.2 Å². The number of carbonyl (C=O) groups excluding carboxylic acids is 1. The van der Waals surface area contributed by atoms with E-state index in [1.807, 2.05) is 6.92 Å². The van der Waals surface area contributed by atoms with Crippen LogP contribution in [0, 0.1) is 11.7 Å². The number of phenolic OH excluding ortho intramolecular Hbond substituents is 1. The van der Waals surface area contributed by atoms with Crippen LogP contribution in [0.15, 0.2) is 6.07 Å². The van der Waals surface area contributed by atoms with E-state index in [-0.39, 0.29) is 0 Å². The van der Waals surface area contributed by atoms with Crippen LogP contribution in [0.5, 0.6) is 5.75 Å². The summed E-state index contributed by atoms with van der Waals surface area (Å²) < 4.78 is 41.0. The first-order valence-corrected chi connectivity index (χ1v) is 8.64. The van der Waals surface area contributed by atoms with Crippen molar-refractivity contribution in [2.24, 2.45) is 5.92 Å². The molecule has 0 spiro atoms. The van der Waals surface area contributed by atoms with Crippen LogP contribution in [0.3, 0.4) is 0 Å². The highest BCUT2D eigenvalue weighted by molar-refractivity contribution is 7.92. The number of rotatable bonds is 2. The van der Waals surface area contributed by atoms with E-state index < -0.39 is 39.9 Å². The highest BCUT2D eigenvalue weighted by Crippen LogP contribution is 2.40. The lowest BCUT2D eigenvalue weighted by Crippen LogP contribution is -2.31. The Bertz CT molecular complexity index is 748. The number of nitrogens with one attached hydrogen (secondary N) is 1. The Morgan fingerprint density at radius 3 is 2.82 bits per heavy atom. The summed E-state index contributed by atoms with van der Waals surface area (Å²) in [6.07, 6.45) is 3.00. The number of aromatic hydroxyl groups is 1. The van der Waals surface area contributed by atoms with Crippen LogP contribution in [-0.2, 0) is 27.8 Å². The molecular formula is C14H17FN2O4S. The number of fused-ring (bicyclic) bond motifs is 1. The Hall–Kier alpha value is -1.83. The maximum atomic E-state index is 14.8. The van der Waals surface area contributed by atoms with Crippen LogP contribution in [0.1, 0.15) is 30.9 Å². The van der Waals surface area contributed by atoms with Crippen LogP contribution < -0.4 is 9.03 Å². The van der Waals surface area contributed by atoms with Gasteiger partial charge in [-0.3, -0.25) is 4.79 Å². The van der Waals surface area contributed by atoms with Crippen molar-refractivity contribution in [1.29, 1.82) is 0 Å². The fourth-order valence-corrected chi connectivity index (χ4v) is 4.31. The maximum absolute atomic E-state index is 14.8. The summed E-state index contributed by atoms with van der Waals surface area (Å²) in [7, 11) is -4.15. The van der Waals surface area contributed by atoms with Crippen molar-refractivity contribution >= 4 is 21.8 Å². The minimum Gasteiger partial charge on any atom is -0.506 e. The zero-order valence-electron chi connectivity index (χ0n) is 12.1. The molecule has 2 aliphatic rings. The van der Waals surface area contributed by atoms with Gasteiger partial charge in [0.25, 0.3) is 5.91 Å². The molecule has 0 saturated carbocycles. The van der Waals surface area contributed by atoms with E-state index in [1.165, 1.54) is 6.07 Å². The predicted octanol–water partition coefficient (Wildman–Crippen LogP) is 1.23. The van der Waals surface area contributed by atoms with Gasteiger partial charge in [0.1, 0.15) is 18.0 Å². The number of carbonyl (C=O) groups is 1. The van der Waals surface area contributed by atoms with Gasteiger partial charge in [-0.2, -0.15) is 8.42 Å². The normalized spacial score (nSPS) is 23.3. The van der Waals surface area contributed by atoms with Gasteiger partial charge in [-0.05, 0) is 42.4 Å². The molecule has 1 amide bonds. The monoisotopic (exact) mass is 328 g/mol. The molecule has 8 heteroatoms. The quantitative estimate of drug-likeness (QED) is 0.855. The molecule has 0 aromatic heterocycles. The minimum absolute atomic E-state index is 0.342. The molecule has 0 radical (unpaired) electrons. The molecule has 22 heavy (non-hydrogen) atoms. The zero-order valence-corrected chi connectivity index (χ0v) is 12.9. The first kappa shape index (κ1) is 15.1. The lowest BCUT2D eigenvalue weighted by atomic mass is 9.82. The number of nitrogens with zero attached hydrogens (tertiary/aromatic N) is 1. The van der Waals surface area contributed by atoms with E-state index >= 15 is 0 Å². The summed E-state index contributed by atoms with van der Waals surface area (Å²) in [4.78, 5) is 11.3. The molecule has 1 unspecified atom stereocenters. The van der Waals surface area contributed by atoms with E-state index in [2.05, 4.69) is 0 Å². The van der Waals surface area contributed by atoms with Crippen molar-refractivity contribution in [2.75, 3.05) is 10.8 Å². The van der Waals surface area contributed by atoms with Crippen LogP contribution in [0.4, 0.5) is 10.1 Å². The highest BCUT2D eigenvalue weighted by atomic mass is 32.2. The Morgan fingerprint density at radius 2 is 2.23 bits per heavy atom. The molecule has 0 bridgehead atoms. The summed E-state index contributed by atoms with van der Waals surface area (Å²) in [5.74, 6) is -1.60. The lowest BCUT2D eigenvalue weighted by molar-refractivity contribution is -0.117. The fraction of sp³-hybridized carbons (Fsp3) is 0.500. The lowest BCUT2D eigenvalue weighted by Gasteiger charge is -2.27. The third-order valence-corrected chi connectivity index (χ3v) is 5.75. The van der Waals surface area contributed by atoms with Crippen LogP contribution in [0.2, 0.25) is 0 Å². The Kier molecular flexibility index (Phi) is 3.51. The molecule has 1 heterocycles. The Morgan fingerprint density at radius 1 is 1.50 bits per heavy atom. The van der Waals surface area contributed by atoms with Gasteiger partial charge in [0.05, 0.1) is 0 Å². The standard InChI is InChI=1S/C14H17FN2O4S/c1-2-8-3-4-9-6-11(18)14(13(15)10(9)5-8)17-7-12(19)16-22(17,20)21/h6,8,18H,2-5,7H2,1H3,(H,16,19). The first-order chi connectivity index (χ1) is 10.3. The fourth-order valence-electron chi connectivity index (χ4n) is 3.14. The van der Waals surface area contributed by atoms with Gasteiger partial charge < -0.3 is 5.11 Å². The number of benzene rings is 1. The Labute approximate surface area is 128 Å². The van der Waals surface area contributed by atoms with Gasteiger partial charge in [-0.25, -0.2) is 13.4 Å². The Balaban J connectivity index is 2.12. The molecule has 1 aliphatic heterocycles. The van der Waals surface area contributed by atoms with Gasteiger partial charge in [0.2, 0.25) is 0 Å². The van der Waals surface area contributed by atoms with Gasteiger partial charge in [-0.1, -0.05) is 13.3 Å².